The van der Waals surface area contributed by atoms with Crippen LogP contribution in [0.3, 0.4) is 0 Å². The normalized spacial score (nSPS) is 12.4. The molecule has 0 N–H and O–H groups in total. The molecule has 0 fully saturated rings. The van der Waals surface area contributed by atoms with Crippen LogP contribution in [0.1, 0.15) is 61.1 Å². The van der Waals surface area contributed by atoms with E-state index in [2.05, 4.69) is 472 Å². The molecule has 142 heavy (non-hydrogen) atoms. The summed E-state index contributed by atoms with van der Waals surface area (Å²) >= 11 is 0. The summed E-state index contributed by atoms with van der Waals surface area (Å²) in [6.45, 7) is 13.5. The van der Waals surface area contributed by atoms with Crippen molar-refractivity contribution in [2.45, 2.75) is 52.4 Å². The summed E-state index contributed by atoms with van der Waals surface area (Å²) in [6, 6.07) is 165. The minimum Gasteiger partial charge on any atom is -0.208 e. The fraction of sp³-hybridized carbons (Fsp3) is 0.0602. The molecule has 23 aromatic rings. The molecule has 0 atom stereocenters. The molecule has 3 aliphatic rings. The maximum absolute atomic E-state index is 5.25. The Bertz CT molecular complexity index is 8600. The third-order valence-corrected chi connectivity index (χ3v) is 28.2. The van der Waals surface area contributed by atoms with E-state index in [1.165, 1.54) is 99.8 Å². The van der Waals surface area contributed by atoms with Gasteiger partial charge in [-0.25, -0.2) is 44.9 Å². The highest BCUT2D eigenvalue weighted by atomic mass is 15.1. The first-order chi connectivity index (χ1) is 69.7. The van der Waals surface area contributed by atoms with E-state index in [0.29, 0.717) is 52.4 Å². The van der Waals surface area contributed by atoms with Gasteiger partial charge in [-0.1, -0.05) is 439 Å². The van der Waals surface area contributed by atoms with E-state index in [9.17, 15) is 0 Å². The van der Waals surface area contributed by atoms with Crippen LogP contribution in [0.5, 0.6) is 0 Å². The van der Waals surface area contributed by atoms with Gasteiger partial charge < -0.3 is 0 Å². The van der Waals surface area contributed by atoms with Crippen molar-refractivity contribution in [1.29, 1.82) is 0 Å². The van der Waals surface area contributed by atoms with Gasteiger partial charge in [-0.3, -0.25) is 0 Å². The Balaban J connectivity index is 0.000000115. The standard InChI is InChI=1S/C48H35N3.C43H27N3.C42H33N3/c1-48(2)43-24-13-12-23-41(43)42-26-25-37(31-44(42)48)46-49-45(36-22-14-21-35(27-36)32-15-6-3-7-16-32)50-47(51-46)40-29-38(33-17-8-4-9-18-33)28-39(30-40)34-19-10-5-11-20-34;1-4-13-28(14-5-1)31-25-32(29-15-6-2-7-16-29)27-33(26-31)42-44-41(30-17-8-3-9-18-30)45-43(46-42)39-24-23-38-35-20-11-10-19-34(35)36-21-12-22-37(39)40(36)38;1-26-12-16-28(17-13-26)39-43-40(29-18-14-27(2)15-19-29)45-41(44-39)33-23-21-30-24-32(22-20-31(30)25-33)34-9-7-11-37-38(34)35-8-5-6-10-36(35)42(37,3)4/h3-31H,1-2H3;1-27H;5-25H,1-4H3. The molecule has 0 aliphatic heterocycles. The van der Waals surface area contributed by atoms with Gasteiger partial charge in [0.15, 0.2) is 52.4 Å². The van der Waals surface area contributed by atoms with Crippen molar-refractivity contribution in [2.24, 2.45) is 0 Å². The van der Waals surface area contributed by atoms with Crippen LogP contribution >= 0.6 is 0 Å². The van der Waals surface area contributed by atoms with Crippen LogP contribution in [0.4, 0.5) is 0 Å². The topological polar surface area (TPSA) is 116 Å². The van der Waals surface area contributed by atoms with Crippen LogP contribution in [-0.4, -0.2) is 44.9 Å². The summed E-state index contributed by atoms with van der Waals surface area (Å²) in [7, 11) is 0. The van der Waals surface area contributed by atoms with Crippen molar-refractivity contribution >= 4 is 21.5 Å². The van der Waals surface area contributed by atoms with Gasteiger partial charge in [0.05, 0.1) is 0 Å². The lowest BCUT2D eigenvalue weighted by Gasteiger charge is -2.21. The molecule has 0 radical (unpaired) electrons. The molecule has 3 aliphatic carbocycles. The number of fused-ring (bicyclic) bond motifs is 10. The van der Waals surface area contributed by atoms with E-state index in [4.69, 9.17) is 44.9 Å². The molecule has 0 amide bonds. The Labute approximate surface area is 827 Å². The van der Waals surface area contributed by atoms with Crippen LogP contribution in [0.2, 0.25) is 0 Å². The zero-order chi connectivity index (χ0) is 95.5. The molecule has 672 valence electrons. The molecule has 26 rings (SSSR count). The largest absolute Gasteiger partial charge is 0.208 e. The molecular formula is C133H95N9. The predicted octanol–water partition coefficient (Wildman–Crippen LogP) is 33.8. The van der Waals surface area contributed by atoms with Gasteiger partial charge in [0.2, 0.25) is 0 Å². The van der Waals surface area contributed by atoms with Crippen molar-refractivity contribution in [3.05, 3.63) is 500 Å². The van der Waals surface area contributed by atoms with Crippen LogP contribution in [-0.2, 0) is 10.8 Å². The number of aromatic nitrogens is 9. The van der Waals surface area contributed by atoms with Crippen LogP contribution in [0.25, 0.3) is 235 Å². The van der Waals surface area contributed by atoms with Crippen molar-refractivity contribution in [2.75, 3.05) is 0 Å². The number of hydrogen-bond acceptors (Lipinski definition) is 9. The highest BCUT2D eigenvalue weighted by Crippen LogP contribution is 2.55. The quantitative estimate of drug-likeness (QED) is 0.0989. The number of benzene rings is 20. The van der Waals surface area contributed by atoms with Crippen LogP contribution < -0.4 is 0 Å². The number of hydrogen-bond donors (Lipinski definition) is 0. The van der Waals surface area contributed by atoms with Gasteiger partial charge >= 0.3 is 0 Å². The zero-order valence-electron chi connectivity index (χ0n) is 79.5. The maximum Gasteiger partial charge on any atom is 0.164 e. The monoisotopic (exact) mass is 1820 g/mol. The maximum atomic E-state index is 5.25. The van der Waals surface area contributed by atoms with Crippen molar-refractivity contribution < 1.29 is 0 Å². The lowest BCUT2D eigenvalue weighted by molar-refractivity contribution is 0.660. The SMILES string of the molecule is CC1(C)c2ccccc2-c2ccc(-c3nc(-c4cccc(-c5ccccc5)c4)nc(-c4cc(-c5ccccc5)cc(-c5ccccc5)c4)n3)cc21.Cc1ccc(-c2nc(-c3ccc(C)cc3)nc(-c3ccc4cc(-c5cccc6c5-c5ccccc5C6(C)C)ccc4c3)n2)cc1.c1ccc(-c2cc(-c3ccccc3)cc(-c3nc(-c4ccccc4)nc(-c4ccc5c6c(cccc46)-c4ccccc4-5)n3)c2)cc1. The van der Waals surface area contributed by atoms with E-state index in [0.717, 1.165) is 116 Å². The molecule has 0 spiro atoms. The second-order valence-electron chi connectivity index (χ2n) is 38.1. The Morgan fingerprint density at radius 3 is 0.915 bits per heavy atom. The summed E-state index contributed by atoms with van der Waals surface area (Å²) in [5.41, 5.74) is 40.4. The molecule has 9 heteroatoms. The highest BCUT2D eigenvalue weighted by Gasteiger charge is 2.38. The Morgan fingerprint density at radius 1 is 0.148 bits per heavy atom. The van der Waals surface area contributed by atoms with Gasteiger partial charge in [0.1, 0.15) is 0 Å². The Morgan fingerprint density at radius 2 is 0.423 bits per heavy atom. The fourth-order valence-corrected chi connectivity index (χ4v) is 20.8. The molecule has 3 heterocycles. The third kappa shape index (κ3) is 16.5. The molecule has 9 nitrogen and oxygen atoms in total. The Hall–Kier alpha value is -18.1. The molecule has 3 aromatic heterocycles. The van der Waals surface area contributed by atoms with E-state index >= 15 is 0 Å². The number of rotatable bonds is 15. The van der Waals surface area contributed by atoms with Crippen molar-refractivity contribution in [3.8, 4) is 214 Å². The summed E-state index contributed by atoms with van der Waals surface area (Å²) in [5.74, 6) is 5.90. The number of aryl methyl sites for hydroxylation is 2. The molecular weight excluding hydrogens is 1720 g/mol. The number of nitrogens with zero attached hydrogens (tertiary/aromatic N) is 9. The molecule has 0 saturated heterocycles. The lowest BCUT2D eigenvalue weighted by Crippen LogP contribution is -2.15. The smallest absolute Gasteiger partial charge is 0.164 e. The van der Waals surface area contributed by atoms with E-state index in [-0.39, 0.29) is 10.8 Å². The average molecular weight is 1820 g/mol. The molecule has 0 bridgehead atoms. The van der Waals surface area contributed by atoms with Gasteiger partial charge in [0.25, 0.3) is 0 Å². The molecule has 20 aromatic carbocycles. The van der Waals surface area contributed by atoms with Crippen molar-refractivity contribution in [3.63, 3.8) is 0 Å². The first kappa shape index (κ1) is 86.8. The van der Waals surface area contributed by atoms with E-state index in [1.54, 1.807) is 0 Å². The predicted molar refractivity (Wildman–Crippen MR) is 585 cm³/mol. The molecule has 0 unspecified atom stereocenters. The lowest BCUT2D eigenvalue weighted by atomic mass is 9.82. The van der Waals surface area contributed by atoms with Gasteiger partial charge in [-0.05, 0) is 236 Å². The summed E-state index contributed by atoms with van der Waals surface area (Å²) < 4.78 is 0. The first-order valence-corrected chi connectivity index (χ1v) is 48.5. The van der Waals surface area contributed by atoms with Crippen LogP contribution in [0.15, 0.2) is 467 Å². The Kier molecular flexibility index (Phi) is 22.3. The first-order valence-electron chi connectivity index (χ1n) is 48.5. The summed E-state index contributed by atoms with van der Waals surface area (Å²) in [5, 5.41) is 4.73. The van der Waals surface area contributed by atoms with Gasteiger partial charge in [0, 0.05) is 60.9 Å². The fourth-order valence-electron chi connectivity index (χ4n) is 20.8. The average Bonchev–Trinajstić information content (AvgIpc) is 1.57. The summed E-state index contributed by atoms with van der Waals surface area (Å²) in [4.78, 5) is 45.9. The van der Waals surface area contributed by atoms with Gasteiger partial charge in [-0.2, -0.15) is 0 Å². The summed E-state index contributed by atoms with van der Waals surface area (Å²) in [6.07, 6.45) is 0. The molecule has 0 saturated carbocycles. The van der Waals surface area contributed by atoms with E-state index < -0.39 is 0 Å². The zero-order valence-corrected chi connectivity index (χ0v) is 79.5. The minimum atomic E-state index is -0.140. The third-order valence-electron chi connectivity index (χ3n) is 28.2. The van der Waals surface area contributed by atoms with E-state index in [1.807, 2.05) is 36.4 Å². The van der Waals surface area contributed by atoms with Crippen molar-refractivity contribution in [1.82, 2.24) is 44.9 Å². The van der Waals surface area contributed by atoms with Crippen LogP contribution in [0, 0.1) is 13.8 Å². The van der Waals surface area contributed by atoms with Gasteiger partial charge in [-0.15, -0.1) is 0 Å². The highest BCUT2D eigenvalue weighted by molar-refractivity contribution is 6.18. The second-order valence-corrected chi connectivity index (χ2v) is 38.1. The second kappa shape index (κ2) is 36.5. The minimum absolute atomic E-state index is 0.0207.